The Balaban J connectivity index is 2.43. The molecule has 2 rings (SSSR count). The van der Waals surface area contributed by atoms with E-state index in [1.165, 1.54) is 0 Å². The third-order valence-electron chi connectivity index (χ3n) is 2.12. The largest absolute Gasteiger partial charge is 0.486 e. The molecule has 1 heterocycles. The van der Waals surface area contributed by atoms with Crippen LogP contribution >= 0.6 is 11.8 Å². The minimum Gasteiger partial charge on any atom is -0.486 e. The molecule has 3 nitrogen and oxygen atoms in total. The van der Waals surface area contributed by atoms with Crippen LogP contribution in [0.25, 0.3) is 0 Å². The van der Waals surface area contributed by atoms with E-state index in [2.05, 4.69) is 0 Å². The van der Waals surface area contributed by atoms with Crippen molar-refractivity contribution in [3.8, 4) is 11.5 Å². The first-order valence-electron chi connectivity index (χ1n) is 4.42. The van der Waals surface area contributed by atoms with E-state index in [4.69, 9.17) is 14.6 Å². The summed E-state index contributed by atoms with van der Waals surface area (Å²) in [7, 11) is 0. The number of thioether (sulfide) groups is 1. The van der Waals surface area contributed by atoms with Crippen LogP contribution < -0.4 is 9.47 Å². The van der Waals surface area contributed by atoms with Crippen LogP contribution in [0.4, 0.5) is 0 Å². The Morgan fingerprint density at radius 2 is 1.93 bits per heavy atom. The Morgan fingerprint density at radius 1 is 1.29 bits per heavy atom. The standard InChI is InChI=1S/C10H12O3S/c1-14-10-5-9-8(4-7(10)6-11)12-2-3-13-9/h4-5,11H,2-3,6H2,1H3. The maximum Gasteiger partial charge on any atom is 0.162 e. The summed E-state index contributed by atoms with van der Waals surface area (Å²) < 4.78 is 10.9. The van der Waals surface area contributed by atoms with Crippen molar-refractivity contribution in [2.24, 2.45) is 0 Å². The highest BCUT2D eigenvalue weighted by molar-refractivity contribution is 7.98. The van der Waals surface area contributed by atoms with Gasteiger partial charge in [-0.15, -0.1) is 11.8 Å². The van der Waals surface area contributed by atoms with Crippen molar-refractivity contribution in [1.29, 1.82) is 0 Å². The van der Waals surface area contributed by atoms with E-state index in [0.717, 1.165) is 22.0 Å². The number of aliphatic hydroxyl groups excluding tert-OH is 1. The first-order valence-corrected chi connectivity index (χ1v) is 5.65. The average Bonchev–Trinajstić information content (AvgIpc) is 2.27. The number of ether oxygens (including phenoxy) is 2. The summed E-state index contributed by atoms with van der Waals surface area (Å²) in [4.78, 5) is 1.04. The molecule has 0 bridgehead atoms. The van der Waals surface area contributed by atoms with Gasteiger partial charge in [0.15, 0.2) is 11.5 Å². The number of rotatable bonds is 2. The predicted molar refractivity (Wildman–Crippen MR) is 55.1 cm³/mol. The van der Waals surface area contributed by atoms with Gasteiger partial charge in [0.1, 0.15) is 13.2 Å². The van der Waals surface area contributed by atoms with Gasteiger partial charge in [0.2, 0.25) is 0 Å². The van der Waals surface area contributed by atoms with E-state index in [1.54, 1.807) is 11.8 Å². The lowest BCUT2D eigenvalue weighted by atomic mass is 10.2. The fraction of sp³-hybridized carbons (Fsp3) is 0.400. The van der Waals surface area contributed by atoms with Gasteiger partial charge in [-0.3, -0.25) is 0 Å². The lowest BCUT2D eigenvalue weighted by Gasteiger charge is -2.20. The highest BCUT2D eigenvalue weighted by Gasteiger charge is 2.14. The smallest absolute Gasteiger partial charge is 0.162 e. The molecule has 0 amide bonds. The van der Waals surface area contributed by atoms with Crippen LogP contribution in [0.1, 0.15) is 5.56 Å². The minimum atomic E-state index is 0.0345. The lowest BCUT2D eigenvalue weighted by Crippen LogP contribution is -2.15. The predicted octanol–water partition coefficient (Wildman–Crippen LogP) is 1.67. The molecule has 0 radical (unpaired) electrons. The molecule has 0 aliphatic carbocycles. The number of fused-ring (bicyclic) bond motifs is 1. The quantitative estimate of drug-likeness (QED) is 0.757. The van der Waals surface area contributed by atoms with Crippen LogP contribution in [0.5, 0.6) is 11.5 Å². The van der Waals surface area contributed by atoms with Crippen LogP contribution in [0.2, 0.25) is 0 Å². The van der Waals surface area contributed by atoms with Crippen molar-refractivity contribution in [1.82, 2.24) is 0 Å². The molecule has 0 saturated heterocycles. The average molecular weight is 212 g/mol. The highest BCUT2D eigenvalue weighted by atomic mass is 32.2. The van der Waals surface area contributed by atoms with E-state index >= 15 is 0 Å². The van der Waals surface area contributed by atoms with Crippen LogP contribution in [0.15, 0.2) is 17.0 Å². The Bertz CT molecular complexity index is 294. The summed E-state index contributed by atoms with van der Waals surface area (Å²) in [6.45, 7) is 1.21. The van der Waals surface area contributed by atoms with Gasteiger partial charge in [-0.2, -0.15) is 0 Å². The Morgan fingerprint density at radius 3 is 2.50 bits per heavy atom. The summed E-state index contributed by atoms with van der Waals surface area (Å²) in [5.41, 5.74) is 0.891. The van der Waals surface area contributed by atoms with Gasteiger partial charge in [-0.05, 0) is 24.0 Å². The molecule has 1 aromatic carbocycles. The van der Waals surface area contributed by atoms with Gasteiger partial charge in [-0.1, -0.05) is 0 Å². The molecule has 1 N–H and O–H groups in total. The summed E-state index contributed by atoms with van der Waals surface area (Å²) in [5, 5.41) is 9.14. The zero-order valence-corrected chi connectivity index (χ0v) is 8.76. The first kappa shape index (κ1) is 9.68. The molecule has 1 aliphatic heterocycles. The van der Waals surface area contributed by atoms with Gasteiger partial charge in [0, 0.05) is 4.90 Å². The van der Waals surface area contributed by atoms with Crippen LogP contribution in [-0.4, -0.2) is 24.6 Å². The molecule has 0 saturated carbocycles. The maximum atomic E-state index is 9.14. The van der Waals surface area contributed by atoms with Crippen molar-refractivity contribution < 1.29 is 14.6 Å². The topological polar surface area (TPSA) is 38.7 Å². The highest BCUT2D eigenvalue weighted by Crippen LogP contribution is 2.36. The zero-order valence-electron chi connectivity index (χ0n) is 7.95. The second kappa shape index (κ2) is 4.11. The number of benzene rings is 1. The molecule has 0 unspecified atom stereocenters. The molecule has 1 aromatic rings. The molecule has 1 aliphatic rings. The summed E-state index contributed by atoms with van der Waals surface area (Å²) in [6.07, 6.45) is 1.98. The van der Waals surface area contributed by atoms with Gasteiger partial charge in [0.25, 0.3) is 0 Å². The van der Waals surface area contributed by atoms with Gasteiger partial charge >= 0.3 is 0 Å². The third-order valence-corrected chi connectivity index (χ3v) is 2.94. The molecule has 4 heteroatoms. The van der Waals surface area contributed by atoms with Crippen LogP contribution in [0, 0.1) is 0 Å². The molecule has 14 heavy (non-hydrogen) atoms. The second-order valence-corrected chi connectivity index (χ2v) is 3.81. The summed E-state index contributed by atoms with van der Waals surface area (Å²) >= 11 is 1.60. The second-order valence-electron chi connectivity index (χ2n) is 2.97. The monoisotopic (exact) mass is 212 g/mol. The van der Waals surface area contributed by atoms with Crippen molar-refractivity contribution in [2.45, 2.75) is 11.5 Å². The fourth-order valence-corrected chi connectivity index (χ4v) is 2.04. The summed E-state index contributed by atoms with van der Waals surface area (Å²) in [6, 6.07) is 3.77. The molecule has 0 aromatic heterocycles. The van der Waals surface area contributed by atoms with Crippen molar-refractivity contribution in [3.63, 3.8) is 0 Å². The number of hydrogen-bond donors (Lipinski definition) is 1. The van der Waals surface area contributed by atoms with Gasteiger partial charge in [0.05, 0.1) is 6.61 Å². The third kappa shape index (κ3) is 1.67. The summed E-state index contributed by atoms with van der Waals surface area (Å²) in [5.74, 6) is 1.51. The van der Waals surface area contributed by atoms with E-state index in [0.29, 0.717) is 13.2 Å². The SMILES string of the molecule is CSc1cc2c(cc1CO)OCCO2. The van der Waals surface area contributed by atoms with Crippen molar-refractivity contribution in [2.75, 3.05) is 19.5 Å². The van der Waals surface area contributed by atoms with Gasteiger partial charge in [-0.25, -0.2) is 0 Å². The minimum absolute atomic E-state index is 0.0345. The molecular formula is C10H12O3S. The van der Waals surface area contributed by atoms with Crippen LogP contribution in [0.3, 0.4) is 0 Å². The normalized spacial score (nSPS) is 14.1. The zero-order chi connectivity index (χ0) is 9.97. The van der Waals surface area contributed by atoms with E-state index in [-0.39, 0.29) is 6.61 Å². The van der Waals surface area contributed by atoms with E-state index in [9.17, 15) is 0 Å². The lowest BCUT2D eigenvalue weighted by molar-refractivity contribution is 0.170. The molecular weight excluding hydrogens is 200 g/mol. The van der Waals surface area contributed by atoms with Gasteiger partial charge < -0.3 is 14.6 Å². The molecule has 0 spiro atoms. The molecule has 0 fully saturated rings. The Labute approximate surface area is 87.0 Å². The van der Waals surface area contributed by atoms with E-state index in [1.807, 2.05) is 18.4 Å². The number of aliphatic hydroxyl groups is 1. The molecule has 0 atom stereocenters. The first-order chi connectivity index (χ1) is 6.85. The fourth-order valence-electron chi connectivity index (χ4n) is 1.43. The molecule has 76 valence electrons. The Hall–Kier alpha value is -0.870. The van der Waals surface area contributed by atoms with Crippen LogP contribution in [-0.2, 0) is 6.61 Å². The van der Waals surface area contributed by atoms with Crippen molar-refractivity contribution in [3.05, 3.63) is 17.7 Å². The Kier molecular flexibility index (Phi) is 2.84. The van der Waals surface area contributed by atoms with Crippen molar-refractivity contribution >= 4 is 11.8 Å². The van der Waals surface area contributed by atoms with E-state index < -0.39 is 0 Å². The number of hydrogen-bond acceptors (Lipinski definition) is 4. The maximum absolute atomic E-state index is 9.14.